The highest BCUT2D eigenvalue weighted by Crippen LogP contribution is 2.44. The van der Waals surface area contributed by atoms with Crippen LogP contribution in [-0.2, 0) is 6.61 Å². The molecule has 3 aromatic rings. The van der Waals surface area contributed by atoms with Crippen LogP contribution in [0, 0.1) is 19.7 Å². The maximum Gasteiger partial charge on any atom is 0.586 e. The number of nitrogens with zero attached hydrogens (tertiary/aromatic N) is 2. The van der Waals surface area contributed by atoms with Crippen LogP contribution in [0.25, 0.3) is 11.1 Å². The molecule has 144 valence electrons. The van der Waals surface area contributed by atoms with Gasteiger partial charge in [-0.3, -0.25) is 0 Å². The van der Waals surface area contributed by atoms with Crippen molar-refractivity contribution in [2.45, 2.75) is 26.7 Å². The summed E-state index contributed by atoms with van der Waals surface area (Å²) in [6.45, 7) is 3.54. The molecule has 4 rings (SSSR count). The van der Waals surface area contributed by atoms with Crippen molar-refractivity contribution in [2.24, 2.45) is 0 Å². The first-order valence-corrected chi connectivity index (χ1v) is 8.42. The summed E-state index contributed by atoms with van der Waals surface area (Å²) in [5.41, 5.74) is 3.11. The van der Waals surface area contributed by atoms with Crippen LogP contribution >= 0.6 is 0 Å². The van der Waals surface area contributed by atoms with Crippen molar-refractivity contribution in [3.63, 3.8) is 0 Å². The van der Waals surface area contributed by atoms with Crippen LogP contribution in [0.1, 0.15) is 16.7 Å². The molecule has 0 radical (unpaired) electrons. The molecule has 0 amide bonds. The Morgan fingerprint density at radius 3 is 2.36 bits per heavy atom. The fraction of sp³-hybridized carbons (Fsp3) is 0.200. The van der Waals surface area contributed by atoms with Gasteiger partial charge in [0.2, 0.25) is 0 Å². The van der Waals surface area contributed by atoms with Gasteiger partial charge in [0.1, 0.15) is 12.4 Å². The van der Waals surface area contributed by atoms with E-state index in [1.165, 1.54) is 30.6 Å². The fourth-order valence-corrected chi connectivity index (χ4v) is 2.92. The third kappa shape index (κ3) is 3.45. The van der Waals surface area contributed by atoms with Crippen LogP contribution in [0.15, 0.2) is 42.7 Å². The molecule has 8 heteroatoms. The third-order valence-electron chi connectivity index (χ3n) is 4.39. The predicted molar refractivity (Wildman–Crippen MR) is 93.9 cm³/mol. The third-order valence-corrected chi connectivity index (χ3v) is 4.39. The highest BCUT2D eigenvalue weighted by atomic mass is 19.3. The molecule has 1 aliphatic rings. The summed E-state index contributed by atoms with van der Waals surface area (Å²) in [5.74, 6) is -0.433. The average molecular weight is 388 g/mol. The average Bonchev–Trinajstić information content (AvgIpc) is 2.94. The van der Waals surface area contributed by atoms with Crippen molar-refractivity contribution < 1.29 is 27.4 Å². The lowest BCUT2D eigenvalue weighted by Crippen LogP contribution is -2.25. The Bertz CT molecular complexity index is 1020. The van der Waals surface area contributed by atoms with Crippen molar-refractivity contribution in [1.29, 1.82) is 0 Å². The molecule has 2 aromatic carbocycles. The topological polar surface area (TPSA) is 53.5 Å². The first-order chi connectivity index (χ1) is 13.3. The van der Waals surface area contributed by atoms with Gasteiger partial charge in [0.05, 0.1) is 0 Å². The number of halogens is 3. The van der Waals surface area contributed by atoms with E-state index in [1.807, 2.05) is 0 Å². The second-order valence-corrected chi connectivity index (χ2v) is 6.36. The number of hydrogen-bond donors (Lipinski definition) is 0. The number of hydrogen-bond acceptors (Lipinski definition) is 5. The summed E-state index contributed by atoms with van der Waals surface area (Å²) in [4.78, 5) is 8.23. The highest BCUT2D eigenvalue weighted by molar-refractivity contribution is 5.70. The Hall–Kier alpha value is -3.29. The summed E-state index contributed by atoms with van der Waals surface area (Å²) in [5, 5.41) is 0. The summed E-state index contributed by atoms with van der Waals surface area (Å²) in [7, 11) is 0. The summed E-state index contributed by atoms with van der Waals surface area (Å²) in [6.07, 6.45) is -0.676. The van der Waals surface area contributed by atoms with Gasteiger partial charge in [-0.2, -0.15) is 0 Å². The minimum Gasteiger partial charge on any atom is -0.458 e. The molecular formula is C20H15F3N2O3. The summed E-state index contributed by atoms with van der Waals surface area (Å²) < 4.78 is 54.7. The van der Waals surface area contributed by atoms with Gasteiger partial charge >= 0.3 is 12.3 Å². The van der Waals surface area contributed by atoms with E-state index in [-0.39, 0.29) is 29.9 Å². The van der Waals surface area contributed by atoms with Gasteiger partial charge in [-0.1, -0.05) is 12.1 Å². The molecule has 0 spiro atoms. The zero-order valence-electron chi connectivity index (χ0n) is 15.0. The first-order valence-electron chi connectivity index (χ1n) is 8.42. The number of aromatic nitrogens is 2. The Labute approximate surface area is 158 Å². The van der Waals surface area contributed by atoms with E-state index >= 15 is 0 Å². The molecule has 0 fully saturated rings. The van der Waals surface area contributed by atoms with Crippen LogP contribution < -0.4 is 14.2 Å². The van der Waals surface area contributed by atoms with E-state index in [1.54, 1.807) is 26.0 Å². The minimum absolute atomic E-state index is 0.00398. The quantitative estimate of drug-likeness (QED) is 0.643. The van der Waals surface area contributed by atoms with E-state index < -0.39 is 6.29 Å². The molecule has 28 heavy (non-hydrogen) atoms. The van der Waals surface area contributed by atoms with Gasteiger partial charge < -0.3 is 14.2 Å². The number of fused-ring (bicyclic) bond motifs is 1. The molecule has 0 unspecified atom stereocenters. The van der Waals surface area contributed by atoms with E-state index in [0.717, 1.165) is 5.56 Å². The molecule has 0 bridgehead atoms. The second-order valence-electron chi connectivity index (χ2n) is 6.36. The number of aryl methyl sites for hydroxylation is 2. The van der Waals surface area contributed by atoms with Crippen molar-refractivity contribution >= 4 is 0 Å². The molecule has 0 saturated carbocycles. The molecule has 0 saturated heterocycles. The molecule has 1 aromatic heterocycles. The van der Waals surface area contributed by atoms with Crippen LogP contribution in [0.5, 0.6) is 17.5 Å². The molecule has 2 heterocycles. The van der Waals surface area contributed by atoms with Gasteiger partial charge in [-0.15, -0.1) is 8.78 Å². The van der Waals surface area contributed by atoms with Crippen LogP contribution in [0.3, 0.4) is 0 Å². The fourth-order valence-electron chi connectivity index (χ4n) is 2.92. The van der Waals surface area contributed by atoms with Crippen LogP contribution in [-0.4, -0.2) is 16.3 Å². The Kier molecular flexibility index (Phi) is 4.33. The lowest BCUT2D eigenvalue weighted by Gasteiger charge is -2.10. The maximum absolute atomic E-state index is 13.9. The van der Waals surface area contributed by atoms with Crippen LogP contribution in [0.2, 0.25) is 0 Å². The molecular weight excluding hydrogens is 373 g/mol. The lowest BCUT2D eigenvalue weighted by atomic mass is 10.0. The summed E-state index contributed by atoms with van der Waals surface area (Å²) in [6, 6.07) is 7.78. The minimum atomic E-state index is -3.67. The number of rotatable bonds is 4. The monoisotopic (exact) mass is 388 g/mol. The normalized spacial score (nSPS) is 14.2. The Morgan fingerprint density at radius 1 is 1.00 bits per heavy atom. The maximum atomic E-state index is 13.9. The van der Waals surface area contributed by atoms with Crippen molar-refractivity contribution in [2.75, 3.05) is 0 Å². The van der Waals surface area contributed by atoms with Crippen molar-refractivity contribution in [3.8, 4) is 28.6 Å². The van der Waals surface area contributed by atoms with E-state index in [0.29, 0.717) is 22.3 Å². The molecule has 5 nitrogen and oxygen atoms in total. The van der Waals surface area contributed by atoms with Crippen molar-refractivity contribution in [1.82, 2.24) is 9.97 Å². The molecule has 1 aliphatic heterocycles. The largest absolute Gasteiger partial charge is 0.586 e. The molecule has 0 atom stereocenters. The van der Waals surface area contributed by atoms with Gasteiger partial charge in [-0.25, -0.2) is 14.4 Å². The zero-order chi connectivity index (χ0) is 19.9. The van der Waals surface area contributed by atoms with E-state index in [9.17, 15) is 13.2 Å². The van der Waals surface area contributed by atoms with Crippen molar-refractivity contribution in [3.05, 3.63) is 65.2 Å². The Morgan fingerprint density at radius 2 is 1.68 bits per heavy atom. The van der Waals surface area contributed by atoms with Gasteiger partial charge in [0, 0.05) is 23.5 Å². The Balaban J connectivity index is 1.53. The number of alkyl halides is 2. The zero-order valence-corrected chi connectivity index (χ0v) is 15.0. The summed E-state index contributed by atoms with van der Waals surface area (Å²) >= 11 is 0. The van der Waals surface area contributed by atoms with E-state index in [4.69, 9.17) is 4.74 Å². The van der Waals surface area contributed by atoms with Gasteiger partial charge in [0.25, 0.3) is 0 Å². The predicted octanol–water partition coefficient (Wildman–Crippen LogP) is 4.80. The standard InChI is InChI=1S/C20H15F3N2O3/c1-11-4-3-5-16(21)15(11)10-26-19-24-8-13(9-25-19)14-7-18-17(6-12(14)2)27-20(22,23)28-18/h3-9H,10H2,1-2H3. The first kappa shape index (κ1) is 18.1. The van der Waals surface area contributed by atoms with Gasteiger partial charge in [-0.05, 0) is 48.7 Å². The van der Waals surface area contributed by atoms with Crippen LogP contribution in [0.4, 0.5) is 13.2 Å². The second kappa shape index (κ2) is 6.70. The lowest BCUT2D eigenvalue weighted by molar-refractivity contribution is -0.286. The van der Waals surface area contributed by atoms with E-state index in [2.05, 4.69) is 19.4 Å². The highest BCUT2D eigenvalue weighted by Gasteiger charge is 2.43. The van der Waals surface area contributed by atoms with Gasteiger partial charge in [0.15, 0.2) is 11.5 Å². The number of benzene rings is 2. The number of ether oxygens (including phenoxy) is 3. The SMILES string of the molecule is Cc1cc2c(cc1-c1cnc(OCc3c(C)cccc3F)nc1)OC(F)(F)O2. The molecule has 0 aliphatic carbocycles. The smallest absolute Gasteiger partial charge is 0.458 e. The molecule has 0 N–H and O–H groups in total.